The van der Waals surface area contributed by atoms with Crippen LogP contribution < -0.4 is 10.6 Å². The lowest BCUT2D eigenvalue weighted by Gasteiger charge is -2.32. The number of para-hydroxylation sites is 1. The summed E-state index contributed by atoms with van der Waals surface area (Å²) < 4.78 is 9.52. The number of rotatable bonds is 11. The Morgan fingerprint density at radius 1 is 0.705 bits per heavy atom. The van der Waals surface area contributed by atoms with Crippen LogP contribution in [0.4, 0.5) is 5.69 Å². The number of aliphatic carboxylic acids is 2. The number of nitrogens with two attached hydrogens (primary N) is 1. The van der Waals surface area contributed by atoms with Crippen LogP contribution in [0.5, 0.6) is 0 Å². The molecular weight excluding hydrogens is 564 g/mol. The normalized spacial score (nSPS) is 14.8. The molecule has 0 amide bonds. The number of carbonyl (C=O) groups is 4. The quantitative estimate of drug-likeness (QED) is 0.244. The van der Waals surface area contributed by atoms with Gasteiger partial charge in [-0.05, 0) is 67.5 Å². The van der Waals surface area contributed by atoms with Crippen LogP contribution in [0.3, 0.4) is 0 Å². The van der Waals surface area contributed by atoms with Crippen molar-refractivity contribution in [1.29, 1.82) is 0 Å². The fraction of sp³-hybridized carbons (Fsp3) is 0.353. The van der Waals surface area contributed by atoms with Gasteiger partial charge in [-0.2, -0.15) is 0 Å². The molecule has 3 aromatic carbocycles. The maximum atomic E-state index is 12.0. The van der Waals surface area contributed by atoms with Gasteiger partial charge in [-0.15, -0.1) is 0 Å². The largest absolute Gasteiger partial charge is 0.478 e. The smallest absolute Gasteiger partial charge is 0.349 e. The molecule has 0 spiro atoms. The zero-order chi connectivity index (χ0) is 32.1. The molecule has 10 nitrogen and oxygen atoms in total. The molecule has 1 saturated heterocycles. The highest BCUT2D eigenvalue weighted by Gasteiger charge is 2.41. The molecule has 0 aliphatic carbocycles. The van der Waals surface area contributed by atoms with E-state index in [-0.39, 0.29) is 17.2 Å². The molecule has 0 saturated carbocycles. The number of anilines is 1. The summed E-state index contributed by atoms with van der Waals surface area (Å²) in [4.78, 5) is 49.4. The van der Waals surface area contributed by atoms with Crippen molar-refractivity contribution in [3.05, 3.63) is 102 Å². The molecule has 3 atom stereocenters. The average Bonchev–Trinajstić information content (AvgIpc) is 3.03. The second-order valence-electron chi connectivity index (χ2n) is 10.9. The molecule has 44 heavy (non-hydrogen) atoms. The first-order valence-electron chi connectivity index (χ1n) is 14.7. The number of benzene rings is 3. The van der Waals surface area contributed by atoms with E-state index in [4.69, 9.17) is 15.2 Å². The summed E-state index contributed by atoms with van der Waals surface area (Å²) in [5.41, 5.74) is 9.12. The Balaban J connectivity index is 0.000000257. The van der Waals surface area contributed by atoms with E-state index in [9.17, 15) is 29.4 Å². The Hall–Kier alpha value is -4.70. The highest BCUT2D eigenvalue weighted by Crippen LogP contribution is 2.30. The minimum atomic E-state index is -2.21. The van der Waals surface area contributed by atoms with Crippen LogP contribution in [0, 0.1) is 5.92 Å². The standard InChI is InChI=1S/C18H14O8.C16H26N2/c19-15(20)13(25-17(23)11-7-3-1-4-8-11)14(16(21)22)26-18(24)12-9-5-2-6-10-12;1-13(2)12-15(17)14-8-4-5-9-16(14)18-10-6-3-7-11-18/h1-10,13-14H,(H,19,20)(H,21,22);4-5,8-9,13,15H,3,6-7,10-12,17H2,1-2H3. The zero-order valence-corrected chi connectivity index (χ0v) is 25.0. The summed E-state index contributed by atoms with van der Waals surface area (Å²) in [6.45, 7) is 6.85. The van der Waals surface area contributed by atoms with E-state index in [0.29, 0.717) is 5.92 Å². The molecule has 4 N–H and O–H groups in total. The van der Waals surface area contributed by atoms with Crippen molar-refractivity contribution in [2.24, 2.45) is 11.7 Å². The van der Waals surface area contributed by atoms with Crippen molar-refractivity contribution >= 4 is 29.6 Å². The third-order valence-corrected chi connectivity index (χ3v) is 7.01. The van der Waals surface area contributed by atoms with Gasteiger partial charge in [0.05, 0.1) is 11.1 Å². The Labute approximate surface area is 257 Å². The van der Waals surface area contributed by atoms with Crippen LogP contribution in [-0.4, -0.2) is 59.4 Å². The van der Waals surface area contributed by atoms with Crippen molar-refractivity contribution in [3.63, 3.8) is 0 Å². The summed E-state index contributed by atoms with van der Waals surface area (Å²) >= 11 is 0. The number of esters is 2. The van der Waals surface area contributed by atoms with Crippen molar-refractivity contribution in [3.8, 4) is 0 Å². The molecule has 1 aliphatic heterocycles. The number of hydrogen-bond donors (Lipinski definition) is 3. The minimum absolute atomic E-state index is 0.0253. The van der Waals surface area contributed by atoms with Gasteiger partial charge in [0, 0.05) is 24.8 Å². The SMILES string of the molecule is CC(C)CC(N)c1ccccc1N1CCCCC1.O=C(OC(C(=O)O)C(OC(=O)c1ccccc1)C(=O)O)c1ccccc1. The van der Waals surface area contributed by atoms with E-state index in [1.54, 1.807) is 12.1 Å². The molecule has 234 valence electrons. The Bertz CT molecular complexity index is 1300. The van der Waals surface area contributed by atoms with Gasteiger partial charge >= 0.3 is 23.9 Å². The number of carbonyl (C=O) groups excluding carboxylic acids is 2. The van der Waals surface area contributed by atoms with Crippen LogP contribution >= 0.6 is 0 Å². The average molecular weight is 605 g/mol. The molecule has 0 bridgehead atoms. The van der Waals surface area contributed by atoms with Gasteiger partial charge in [-0.3, -0.25) is 0 Å². The zero-order valence-electron chi connectivity index (χ0n) is 25.0. The number of piperidine rings is 1. The summed E-state index contributed by atoms with van der Waals surface area (Å²) in [6, 6.07) is 23.7. The van der Waals surface area contributed by atoms with Gasteiger partial charge in [0.1, 0.15) is 0 Å². The summed E-state index contributed by atoms with van der Waals surface area (Å²) in [7, 11) is 0. The number of ether oxygens (including phenoxy) is 2. The summed E-state index contributed by atoms with van der Waals surface area (Å²) in [6.07, 6.45) is 0.629. The molecule has 0 aromatic heterocycles. The number of carboxylic acids is 2. The van der Waals surface area contributed by atoms with Gasteiger partial charge in [0.15, 0.2) is 0 Å². The molecule has 4 rings (SSSR count). The maximum absolute atomic E-state index is 12.0. The van der Waals surface area contributed by atoms with Gasteiger partial charge < -0.3 is 30.3 Å². The first kappa shape index (κ1) is 33.8. The third kappa shape index (κ3) is 9.95. The van der Waals surface area contributed by atoms with Crippen molar-refractivity contribution in [2.75, 3.05) is 18.0 Å². The molecule has 1 aliphatic rings. The number of nitrogens with zero attached hydrogens (tertiary/aromatic N) is 1. The molecule has 3 aromatic rings. The predicted octanol–water partition coefficient (Wildman–Crippen LogP) is 5.33. The highest BCUT2D eigenvalue weighted by molar-refractivity contribution is 5.95. The number of carboxylic acid groups (broad SMARTS) is 2. The molecule has 0 radical (unpaired) electrons. The summed E-state index contributed by atoms with van der Waals surface area (Å²) in [5, 5.41) is 18.5. The van der Waals surface area contributed by atoms with Gasteiger partial charge in [0.25, 0.3) is 0 Å². The highest BCUT2D eigenvalue weighted by atomic mass is 16.6. The lowest BCUT2D eigenvalue weighted by Crippen LogP contribution is -2.45. The first-order chi connectivity index (χ1) is 21.1. The Kier molecular flexibility index (Phi) is 12.9. The van der Waals surface area contributed by atoms with Crippen LogP contribution in [0.2, 0.25) is 0 Å². The Morgan fingerprint density at radius 2 is 1.14 bits per heavy atom. The fourth-order valence-electron chi connectivity index (χ4n) is 4.86. The number of hydrogen-bond acceptors (Lipinski definition) is 8. The minimum Gasteiger partial charge on any atom is -0.478 e. The van der Waals surface area contributed by atoms with Crippen LogP contribution in [0.25, 0.3) is 0 Å². The van der Waals surface area contributed by atoms with Crippen LogP contribution in [-0.2, 0) is 19.1 Å². The van der Waals surface area contributed by atoms with E-state index in [1.807, 2.05) is 0 Å². The lowest BCUT2D eigenvalue weighted by molar-refractivity contribution is -0.166. The topological polar surface area (TPSA) is 156 Å². The maximum Gasteiger partial charge on any atom is 0.349 e. The van der Waals surface area contributed by atoms with Crippen LogP contribution in [0.15, 0.2) is 84.9 Å². The molecule has 1 fully saturated rings. The van der Waals surface area contributed by atoms with Gasteiger partial charge in [0.2, 0.25) is 12.2 Å². The van der Waals surface area contributed by atoms with E-state index in [2.05, 4.69) is 43.0 Å². The Morgan fingerprint density at radius 3 is 1.57 bits per heavy atom. The molecule has 1 heterocycles. The van der Waals surface area contributed by atoms with Crippen molar-refractivity contribution < 1.29 is 38.9 Å². The first-order valence-corrected chi connectivity index (χ1v) is 14.7. The van der Waals surface area contributed by atoms with E-state index in [0.717, 1.165) is 6.42 Å². The summed E-state index contributed by atoms with van der Waals surface area (Å²) in [5.74, 6) is -4.99. The molecule has 3 unspecified atom stereocenters. The molecule has 10 heteroatoms. The van der Waals surface area contributed by atoms with E-state index >= 15 is 0 Å². The molecular formula is C34H40N2O8. The second kappa shape index (κ2) is 16.8. The van der Waals surface area contributed by atoms with Crippen LogP contribution in [0.1, 0.15) is 71.9 Å². The monoisotopic (exact) mass is 604 g/mol. The third-order valence-electron chi connectivity index (χ3n) is 7.01. The van der Waals surface area contributed by atoms with Gasteiger partial charge in [-0.25, -0.2) is 19.2 Å². The van der Waals surface area contributed by atoms with Gasteiger partial charge in [-0.1, -0.05) is 68.4 Å². The lowest BCUT2D eigenvalue weighted by atomic mass is 9.95. The second-order valence-corrected chi connectivity index (χ2v) is 10.9. The van der Waals surface area contributed by atoms with E-state index in [1.165, 1.54) is 92.1 Å². The van der Waals surface area contributed by atoms with Crippen molar-refractivity contribution in [2.45, 2.75) is 57.8 Å². The predicted molar refractivity (Wildman–Crippen MR) is 165 cm³/mol. The van der Waals surface area contributed by atoms with Crippen molar-refractivity contribution in [1.82, 2.24) is 0 Å². The fourth-order valence-corrected chi connectivity index (χ4v) is 4.86. The van der Waals surface area contributed by atoms with E-state index < -0.39 is 36.1 Å².